The average Bonchev–Trinajstić information content (AvgIpc) is 3.76. The fraction of sp³-hybridized carbons (Fsp3) is 0.241. The molecule has 2 aromatic carbocycles. The van der Waals surface area contributed by atoms with Crippen LogP contribution in [0.4, 0.5) is 0 Å². The Labute approximate surface area is 242 Å². The van der Waals surface area contributed by atoms with Crippen LogP contribution >= 0.6 is 22.7 Å². The third kappa shape index (κ3) is 5.05. The lowest BCUT2D eigenvalue weighted by atomic mass is 9.96. The van der Waals surface area contributed by atoms with Gasteiger partial charge in [-0.2, -0.15) is 0 Å². The molecule has 41 heavy (non-hydrogen) atoms. The Hall–Kier alpha value is -4.26. The quantitative estimate of drug-likeness (QED) is 0.174. The highest BCUT2D eigenvalue weighted by Crippen LogP contribution is 2.38. The Kier molecular flexibility index (Phi) is 6.65. The van der Waals surface area contributed by atoms with Gasteiger partial charge in [0.15, 0.2) is 11.5 Å². The summed E-state index contributed by atoms with van der Waals surface area (Å²) in [5.74, 6) is 2.31. The molecule has 5 heterocycles. The molecule has 0 bridgehead atoms. The molecule has 0 radical (unpaired) electrons. The van der Waals surface area contributed by atoms with E-state index in [1.807, 2.05) is 47.8 Å². The average molecular weight is 589 g/mol. The summed E-state index contributed by atoms with van der Waals surface area (Å²) in [7, 11) is 3.18. The second-order valence-electron chi connectivity index (χ2n) is 9.61. The van der Waals surface area contributed by atoms with E-state index in [1.54, 1.807) is 24.9 Å². The number of carbonyl (C=O) groups excluding carboxylic acids is 1. The number of ether oxygens (including phenoxy) is 4. The number of methoxy groups -OCH3 is 2. The van der Waals surface area contributed by atoms with Crippen molar-refractivity contribution < 1.29 is 28.2 Å². The molecule has 10 nitrogen and oxygen atoms in total. The molecule has 0 atom stereocenters. The van der Waals surface area contributed by atoms with E-state index in [4.69, 9.17) is 28.3 Å². The molecule has 12 heteroatoms. The summed E-state index contributed by atoms with van der Waals surface area (Å²) in [6, 6.07) is 13.2. The van der Waals surface area contributed by atoms with Crippen LogP contribution in [0.15, 0.2) is 58.5 Å². The van der Waals surface area contributed by atoms with Crippen molar-refractivity contribution in [3.63, 3.8) is 0 Å². The van der Waals surface area contributed by atoms with Gasteiger partial charge in [-0.3, -0.25) is 4.79 Å². The number of nitrogens with zero attached hydrogens (tertiary/aromatic N) is 4. The molecule has 0 unspecified atom stereocenters. The lowest BCUT2D eigenvalue weighted by Gasteiger charge is -2.25. The Morgan fingerprint density at radius 3 is 2.68 bits per heavy atom. The Morgan fingerprint density at radius 2 is 1.95 bits per heavy atom. The van der Waals surface area contributed by atoms with Crippen molar-refractivity contribution in [2.45, 2.75) is 13.0 Å². The first-order valence-electron chi connectivity index (χ1n) is 12.9. The number of Topliss-reactive ketones (excluding diaryl/α,β-unsaturated/α-hetero) is 1. The van der Waals surface area contributed by atoms with E-state index in [0.717, 1.165) is 21.7 Å². The van der Waals surface area contributed by atoms with Crippen molar-refractivity contribution in [3.8, 4) is 38.7 Å². The first kappa shape index (κ1) is 25.7. The number of imidazole rings is 1. The lowest BCUT2D eigenvalue weighted by molar-refractivity contribution is -0.0321. The Bertz CT molecular complexity index is 1830. The molecule has 1 fully saturated rings. The number of ketones is 1. The fourth-order valence-electron chi connectivity index (χ4n) is 4.57. The summed E-state index contributed by atoms with van der Waals surface area (Å²) in [6.07, 6.45) is 2.33. The predicted octanol–water partition coefficient (Wildman–Crippen LogP) is 6.14. The summed E-state index contributed by atoms with van der Waals surface area (Å²) in [4.78, 5) is 22.6. The molecule has 6 aromatic rings. The number of hydrogen-bond acceptors (Lipinski definition) is 11. The highest BCUT2D eigenvalue weighted by Gasteiger charge is 2.22. The van der Waals surface area contributed by atoms with Crippen LogP contribution < -0.4 is 14.2 Å². The van der Waals surface area contributed by atoms with Gasteiger partial charge in [0.2, 0.25) is 4.96 Å². The van der Waals surface area contributed by atoms with Gasteiger partial charge in [0.05, 0.1) is 44.7 Å². The molecule has 0 amide bonds. The monoisotopic (exact) mass is 588 g/mol. The van der Waals surface area contributed by atoms with Gasteiger partial charge in [-0.05, 0) is 17.4 Å². The van der Waals surface area contributed by atoms with Crippen molar-refractivity contribution in [1.29, 1.82) is 0 Å². The van der Waals surface area contributed by atoms with Crippen LogP contribution in [0.2, 0.25) is 0 Å². The summed E-state index contributed by atoms with van der Waals surface area (Å²) in [5, 5.41) is 8.50. The number of thiazole rings is 1. The largest absolute Gasteiger partial charge is 0.496 e. The highest BCUT2D eigenvalue weighted by molar-refractivity contribution is 7.18. The Balaban J connectivity index is 1.08. The van der Waals surface area contributed by atoms with Gasteiger partial charge in [0.1, 0.15) is 34.4 Å². The van der Waals surface area contributed by atoms with E-state index in [-0.39, 0.29) is 12.4 Å². The molecule has 0 N–H and O–H groups in total. The molecular formula is C29H24N4O6S2. The SMILES string of the molecule is COc1cc(OCc2csc(-c3ccc(C(=O)CC4COC4)cc3)n2)c2cc(-c3cn4nc(OC)sc4n3)oc2c1. The van der Waals surface area contributed by atoms with Gasteiger partial charge in [-0.25, -0.2) is 14.5 Å². The van der Waals surface area contributed by atoms with Crippen LogP contribution in [-0.2, 0) is 11.3 Å². The molecule has 7 rings (SSSR count). The van der Waals surface area contributed by atoms with Crippen molar-refractivity contribution in [2.24, 2.45) is 5.92 Å². The van der Waals surface area contributed by atoms with E-state index in [0.29, 0.717) is 69.8 Å². The van der Waals surface area contributed by atoms with E-state index >= 15 is 0 Å². The van der Waals surface area contributed by atoms with E-state index < -0.39 is 0 Å². The number of hydrogen-bond donors (Lipinski definition) is 0. The van der Waals surface area contributed by atoms with Crippen LogP contribution in [0.3, 0.4) is 0 Å². The summed E-state index contributed by atoms with van der Waals surface area (Å²) in [5.41, 5.74) is 3.74. The number of rotatable bonds is 10. The van der Waals surface area contributed by atoms with Gasteiger partial charge >= 0.3 is 0 Å². The standard InChI is InChI=1S/C29H24N4O6S2/c1-35-20-8-24(21-10-26(39-25(21)9-20)22-11-33-28(31-22)41-29(32-33)36-2)38-14-19-15-40-27(30-19)18-5-3-17(4-6-18)23(34)7-16-12-37-13-16/h3-6,8-11,15-16H,7,12-14H2,1-2H3. The van der Waals surface area contributed by atoms with Gasteiger partial charge in [0, 0.05) is 41.0 Å². The molecule has 0 spiro atoms. The minimum Gasteiger partial charge on any atom is -0.496 e. The minimum absolute atomic E-state index is 0.148. The minimum atomic E-state index is 0.148. The van der Waals surface area contributed by atoms with E-state index in [2.05, 4.69) is 10.1 Å². The van der Waals surface area contributed by atoms with Crippen LogP contribution in [-0.4, -0.2) is 52.8 Å². The highest BCUT2D eigenvalue weighted by atomic mass is 32.1. The first-order chi connectivity index (χ1) is 20.1. The van der Waals surface area contributed by atoms with Crippen molar-refractivity contribution >= 4 is 44.4 Å². The maximum absolute atomic E-state index is 12.5. The number of benzene rings is 2. The van der Waals surface area contributed by atoms with E-state index in [1.165, 1.54) is 22.7 Å². The zero-order valence-corrected chi connectivity index (χ0v) is 23.8. The number of aromatic nitrogens is 4. The molecule has 4 aromatic heterocycles. The number of carbonyl (C=O) groups is 1. The molecule has 1 aliphatic rings. The molecule has 1 saturated heterocycles. The zero-order valence-electron chi connectivity index (χ0n) is 22.2. The summed E-state index contributed by atoms with van der Waals surface area (Å²) in [6.45, 7) is 1.62. The molecule has 208 valence electrons. The second-order valence-corrected chi connectivity index (χ2v) is 11.4. The third-order valence-corrected chi connectivity index (χ3v) is 8.65. The molecule has 0 saturated carbocycles. The third-order valence-electron chi connectivity index (χ3n) is 6.82. The van der Waals surface area contributed by atoms with Gasteiger partial charge in [0.25, 0.3) is 5.19 Å². The number of fused-ring (bicyclic) bond motifs is 2. The van der Waals surface area contributed by atoms with Gasteiger partial charge in [-0.15, -0.1) is 16.4 Å². The first-order valence-corrected chi connectivity index (χ1v) is 14.6. The molecule has 0 aliphatic carbocycles. The van der Waals surface area contributed by atoms with Crippen LogP contribution in [0.25, 0.3) is 38.0 Å². The second kappa shape index (κ2) is 10.6. The lowest BCUT2D eigenvalue weighted by Crippen LogP contribution is -2.29. The zero-order chi connectivity index (χ0) is 27.9. The topological polar surface area (TPSA) is 110 Å². The smallest absolute Gasteiger partial charge is 0.294 e. The van der Waals surface area contributed by atoms with Crippen LogP contribution in [0, 0.1) is 5.92 Å². The molecule has 1 aliphatic heterocycles. The predicted molar refractivity (Wildman–Crippen MR) is 154 cm³/mol. The van der Waals surface area contributed by atoms with Crippen molar-refractivity contribution in [2.75, 3.05) is 27.4 Å². The Morgan fingerprint density at radius 1 is 1.10 bits per heavy atom. The van der Waals surface area contributed by atoms with Crippen molar-refractivity contribution in [1.82, 2.24) is 19.6 Å². The van der Waals surface area contributed by atoms with Crippen molar-refractivity contribution in [3.05, 3.63) is 65.3 Å². The van der Waals surface area contributed by atoms with Crippen LogP contribution in [0.5, 0.6) is 16.7 Å². The molecular weight excluding hydrogens is 564 g/mol. The normalized spacial score (nSPS) is 13.5. The van der Waals surface area contributed by atoms with E-state index in [9.17, 15) is 4.79 Å². The van der Waals surface area contributed by atoms with Gasteiger partial charge in [-0.1, -0.05) is 24.3 Å². The van der Waals surface area contributed by atoms with Crippen LogP contribution in [0.1, 0.15) is 22.5 Å². The fourth-order valence-corrected chi connectivity index (χ4v) is 6.08. The summed E-state index contributed by atoms with van der Waals surface area (Å²) < 4.78 is 29.9. The number of furan rings is 1. The van der Waals surface area contributed by atoms with Gasteiger partial charge < -0.3 is 23.4 Å². The maximum atomic E-state index is 12.5. The maximum Gasteiger partial charge on any atom is 0.294 e. The summed E-state index contributed by atoms with van der Waals surface area (Å²) >= 11 is 2.88.